The second-order valence-electron chi connectivity index (χ2n) is 11.5. The minimum Gasteiger partial charge on any atom is -0.532 e. The summed E-state index contributed by atoms with van der Waals surface area (Å²) < 4.78 is 15.3. The first-order valence-electron chi connectivity index (χ1n) is 12.2. The van der Waals surface area contributed by atoms with E-state index >= 15 is 0 Å². The number of benzene rings is 2. The molecule has 2 aromatic rings. The highest BCUT2D eigenvalue weighted by molar-refractivity contribution is 6.94. The topological polar surface area (TPSA) is 18.5 Å². The Labute approximate surface area is 188 Å². The minimum atomic E-state index is -2.87. The van der Waals surface area contributed by atoms with E-state index < -0.39 is 8.56 Å². The van der Waals surface area contributed by atoms with Gasteiger partial charge < -0.3 is 8.85 Å². The van der Waals surface area contributed by atoms with Crippen LogP contribution in [0, 0.1) is 47.0 Å². The summed E-state index contributed by atoms with van der Waals surface area (Å²) in [7, 11) is -2.87. The molecule has 2 nitrogen and oxygen atoms in total. The SMILES string of the molecule is Cc1cc(C)c([Si-]2(c3c(C)cc(C)cc3C)OC34CCC5(CC3)CCC4(C5)O2)c(C)c1. The zero-order valence-electron chi connectivity index (χ0n) is 20.1. The number of fused-ring (bicyclic) bond motifs is 2. The average Bonchev–Trinajstić information content (AvgIpc) is 3.09. The first-order valence-corrected chi connectivity index (χ1v) is 14.0. The lowest BCUT2D eigenvalue weighted by molar-refractivity contribution is -0.128. The van der Waals surface area contributed by atoms with Crippen molar-refractivity contribution in [3.63, 3.8) is 0 Å². The standard InChI is InChI=1S/C28H36O2Si/c1-18-13-20(3)24(21(4)14-18)31(25-22(5)15-19(2)16-23(25)6)29-27-10-7-26(8-11-27)9-12-28(27,17-26)30-31/h13-16H,7-12,17H2,1-6H3/q-1. The smallest absolute Gasteiger partial charge is 0.191 e. The van der Waals surface area contributed by atoms with Gasteiger partial charge in [-0.2, -0.15) is 0 Å². The summed E-state index contributed by atoms with van der Waals surface area (Å²) in [5.74, 6) is 0. The molecule has 4 aliphatic carbocycles. The number of aryl methyl sites for hydroxylation is 6. The summed E-state index contributed by atoms with van der Waals surface area (Å²) in [4.78, 5) is 0. The van der Waals surface area contributed by atoms with Gasteiger partial charge in [0.05, 0.1) is 11.2 Å². The molecule has 0 aromatic heterocycles. The Morgan fingerprint density at radius 1 is 0.581 bits per heavy atom. The third-order valence-electron chi connectivity index (χ3n) is 9.36. The molecular formula is C28H36O2Si-. The van der Waals surface area contributed by atoms with Gasteiger partial charge in [-0.05, 0) is 91.9 Å². The van der Waals surface area contributed by atoms with Crippen LogP contribution in [0.15, 0.2) is 24.3 Å². The Morgan fingerprint density at radius 2 is 0.968 bits per heavy atom. The summed E-state index contributed by atoms with van der Waals surface area (Å²) in [5.41, 5.74) is 8.42. The van der Waals surface area contributed by atoms with E-state index in [1.807, 2.05) is 0 Å². The Kier molecular flexibility index (Phi) is 3.99. The largest absolute Gasteiger partial charge is 0.532 e. The molecule has 3 bridgehead atoms. The Morgan fingerprint density at radius 3 is 1.42 bits per heavy atom. The van der Waals surface area contributed by atoms with Gasteiger partial charge in [0.1, 0.15) is 0 Å². The van der Waals surface area contributed by atoms with Gasteiger partial charge in [-0.1, -0.05) is 57.6 Å². The monoisotopic (exact) mass is 432 g/mol. The van der Waals surface area contributed by atoms with Crippen LogP contribution in [0.3, 0.4) is 0 Å². The molecule has 1 aliphatic heterocycles. The van der Waals surface area contributed by atoms with E-state index in [9.17, 15) is 0 Å². The lowest BCUT2D eigenvalue weighted by Crippen LogP contribution is -2.65. The highest BCUT2D eigenvalue weighted by Gasteiger charge is 2.71. The number of rotatable bonds is 2. The van der Waals surface area contributed by atoms with Crippen LogP contribution in [0.5, 0.6) is 0 Å². The minimum absolute atomic E-state index is 0.0662. The first-order chi connectivity index (χ1) is 14.6. The summed E-state index contributed by atoms with van der Waals surface area (Å²) in [6.45, 7) is 13.5. The molecule has 165 valence electrons. The maximum absolute atomic E-state index is 7.64. The fraction of sp³-hybridized carbons (Fsp3) is 0.571. The van der Waals surface area contributed by atoms with Crippen LogP contribution in [0.1, 0.15) is 78.3 Å². The Balaban J connectivity index is 1.66. The zero-order valence-corrected chi connectivity index (χ0v) is 21.1. The Bertz CT molecular complexity index is 980. The molecular weight excluding hydrogens is 396 g/mol. The van der Waals surface area contributed by atoms with Crippen molar-refractivity contribution in [3.8, 4) is 0 Å². The molecule has 0 amide bonds. The lowest BCUT2D eigenvalue weighted by Gasteiger charge is -2.56. The molecule has 31 heavy (non-hydrogen) atoms. The van der Waals surface area contributed by atoms with Crippen LogP contribution in [-0.4, -0.2) is 19.8 Å². The van der Waals surface area contributed by atoms with Gasteiger partial charge in [-0.25, -0.2) is 0 Å². The molecule has 0 N–H and O–H groups in total. The fourth-order valence-electron chi connectivity index (χ4n) is 8.38. The summed E-state index contributed by atoms with van der Waals surface area (Å²) >= 11 is 0. The van der Waals surface area contributed by atoms with E-state index in [0.717, 1.165) is 0 Å². The molecule has 5 aliphatic rings. The van der Waals surface area contributed by atoms with Gasteiger partial charge in [-0.3, -0.25) is 0 Å². The normalized spacial score (nSPS) is 34.9. The summed E-state index contributed by atoms with van der Waals surface area (Å²) in [6.07, 6.45) is 8.80. The summed E-state index contributed by atoms with van der Waals surface area (Å²) in [5, 5.41) is 2.77. The number of hydrogen-bond donors (Lipinski definition) is 0. The first kappa shape index (κ1) is 20.2. The van der Waals surface area contributed by atoms with Crippen LogP contribution in [0.4, 0.5) is 0 Å². The molecule has 3 spiro atoms. The van der Waals surface area contributed by atoms with Crippen molar-refractivity contribution < 1.29 is 8.85 Å². The highest BCUT2D eigenvalue weighted by Crippen LogP contribution is 2.71. The van der Waals surface area contributed by atoms with Crippen molar-refractivity contribution in [2.45, 2.75) is 97.7 Å². The van der Waals surface area contributed by atoms with Crippen LogP contribution >= 0.6 is 0 Å². The van der Waals surface area contributed by atoms with Gasteiger partial charge >= 0.3 is 0 Å². The van der Waals surface area contributed by atoms with Crippen molar-refractivity contribution in [2.24, 2.45) is 5.41 Å². The maximum Gasteiger partial charge on any atom is 0.191 e. The molecule has 1 atom stereocenters. The van der Waals surface area contributed by atoms with Gasteiger partial charge in [0.2, 0.25) is 0 Å². The zero-order chi connectivity index (χ0) is 21.8. The molecule has 5 fully saturated rings. The van der Waals surface area contributed by atoms with Crippen molar-refractivity contribution in [1.29, 1.82) is 0 Å². The predicted molar refractivity (Wildman–Crippen MR) is 129 cm³/mol. The van der Waals surface area contributed by atoms with E-state index in [0.29, 0.717) is 5.41 Å². The van der Waals surface area contributed by atoms with E-state index in [-0.39, 0.29) is 11.2 Å². The van der Waals surface area contributed by atoms with Gasteiger partial charge in [-0.15, -0.1) is 10.4 Å². The van der Waals surface area contributed by atoms with Crippen molar-refractivity contribution >= 4 is 18.9 Å². The molecule has 1 heterocycles. The van der Waals surface area contributed by atoms with Crippen molar-refractivity contribution in [1.82, 2.24) is 0 Å². The maximum atomic E-state index is 7.64. The Hall–Kier alpha value is -1.42. The van der Waals surface area contributed by atoms with E-state index in [1.165, 1.54) is 88.7 Å². The van der Waals surface area contributed by atoms with Gasteiger partial charge in [0, 0.05) is 0 Å². The summed E-state index contributed by atoms with van der Waals surface area (Å²) in [6, 6.07) is 9.36. The highest BCUT2D eigenvalue weighted by atomic mass is 28.4. The average molecular weight is 433 g/mol. The lowest BCUT2D eigenvalue weighted by atomic mass is 9.57. The molecule has 4 saturated carbocycles. The second kappa shape index (κ2) is 6.12. The van der Waals surface area contributed by atoms with Crippen LogP contribution in [0.25, 0.3) is 0 Å². The predicted octanol–water partition coefficient (Wildman–Crippen LogP) is 5.38. The quantitative estimate of drug-likeness (QED) is 0.594. The molecule has 1 unspecified atom stereocenters. The van der Waals surface area contributed by atoms with Crippen LogP contribution < -0.4 is 10.4 Å². The van der Waals surface area contributed by atoms with E-state index in [4.69, 9.17) is 8.85 Å². The molecule has 7 rings (SSSR count). The van der Waals surface area contributed by atoms with Crippen molar-refractivity contribution in [3.05, 3.63) is 57.6 Å². The fourth-order valence-corrected chi connectivity index (χ4v) is 13.3. The second-order valence-corrected chi connectivity index (χ2v) is 14.2. The molecule has 3 heteroatoms. The van der Waals surface area contributed by atoms with Crippen LogP contribution in [0.2, 0.25) is 0 Å². The third-order valence-corrected chi connectivity index (χ3v) is 13.6. The van der Waals surface area contributed by atoms with Crippen LogP contribution in [-0.2, 0) is 8.85 Å². The van der Waals surface area contributed by atoms with E-state index in [2.05, 4.69) is 65.8 Å². The van der Waals surface area contributed by atoms with E-state index in [1.54, 1.807) is 0 Å². The molecule has 1 saturated heterocycles. The third kappa shape index (κ3) is 2.46. The number of hydrogen-bond acceptors (Lipinski definition) is 2. The van der Waals surface area contributed by atoms with Gasteiger partial charge in [0.25, 0.3) is 0 Å². The van der Waals surface area contributed by atoms with Crippen molar-refractivity contribution in [2.75, 3.05) is 0 Å². The molecule has 0 radical (unpaired) electrons. The van der Waals surface area contributed by atoms with Gasteiger partial charge in [0.15, 0.2) is 8.56 Å². The molecule has 2 aromatic carbocycles.